The third kappa shape index (κ3) is 2.31. The first-order valence-electron chi connectivity index (χ1n) is 4.27. The standard InChI is InChI=1S/C9H14N2O2/c1-6(2)8-4-7(3)10-11(8)5-9(12)13/h4,6H,5H2,1-3H3,(H,12,13). The van der Waals surface area contributed by atoms with Gasteiger partial charge < -0.3 is 5.11 Å². The molecule has 0 saturated carbocycles. The molecule has 4 heteroatoms. The molecule has 72 valence electrons. The van der Waals surface area contributed by atoms with Crippen LogP contribution in [0.15, 0.2) is 6.07 Å². The van der Waals surface area contributed by atoms with Crippen molar-refractivity contribution in [3.63, 3.8) is 0 Å². The van der Waals surface area contributed by atoms with E-state index < -0.39 is 5.97 Å². The number of carboxylic acids is 1. The number of aromatic nitrogens is 2. The van der Waals surface area contributed by atoms with Gasteiger partial charge in [-0.25, -0.2) is 0 Å². The molecule has 0 radical (unpaired) electrons. The van der Waals surface area contributed by atoms with E-state index >= 15 is 0 Å². The maximum absolute atomic E-state index is 10.5. The van der Waals surface area contributed by atoms with Gasteiger partial charge in [0.15, 0.2) is 0 Å². The fourth-order valence-electron chi connectivity index (χ4n) is 1.29. The van der Waals surface area contributed by atoms with Gasteiger partial charge in [-0.1, -0.05) is 13.8 Å². The van der Waals surface area contributed by atoms with Gasteiger partial charge in [0.1, 0.15) is 6.54 Å². The van der Waals surface area contributed by atoms with Gasteiger partial charge in [0, 0.05) is 5.69 Å². The molecular weight excluding hydrogens is 168 g/mol. The largest absolute Gasteiger partial charge is 0.480 e. The van der Waals surface area contributed by atoms with E-state index in [1.54, 1.807) is 4.68 Å². The van der Waals surface area contributed by atoms with Crippen molar-refractivity contribution in [3.8, 4) is 0 Å². The molecule has 0 bridgehead atoms. The molecule has 1 heterocycles. The van der Waals surface area contributed by atoms with E-state index in [9.17, 15) is 4.79 Å². The Bertz CT molecular complexity index is 315. The molecule has 0 aliphatic rings. The molecule has 0 aliphatic heterocycles. The van der Waals surface area contributed by atoms with Crippen LogP contribution in [0.25, 0.3) is 0 Å². The van der Waals surface area contributed by atoms with Gasteiger partial charge in [-0.3, -0.25) is 9.48 Å². The SMILES string of the molecule is Cc1cc(C(C)C)n(CC(=O)O)n1. The van der Waals surface area contributed by atoms with Crippen LogP contribution in [-0.4, -0.2) is 20.9 Å². The van der Waals surface area contributed by atoms with Crippen molar-refractivity contribution in [2.24, 2.45) is 0 Å². The highest BCUT2D eigenvalue weighted by Crippen LogP contribution is 2.15. The van der Waals surface area contributed by atoms with Crippen LogP contribution in [-0.2, 0) is 11.3 Å². The Morgan fingerprint density at radius 1 is 1.69 bits per heavy atom. The normalized spacial score (nSPS) is 10.8. The second-order valence-corrected chi connectivity index (χ2v) is 3.42. The average molecular weight is 182 g/mol. The molecule has 0 aromatic carbocycles. The molecule has 0 atom stereocenters. The first-order chi connectivity index (χ1) is 6.00. The van der Waals surface area contributed by atoms with Crippen LogP contribution >= 0.6 is 0 Å². The van der Waals surface area contributed by atoms with E-state index in [1.165, 1.54) is 0 Å². The van der Waals surface area contributed by atoms with Gasteiger partial charge in [-0.15, -0.1) is 0 Å². The van der Waals surface area contributed by atoms with Gasteiger partial charge in [0.25, 0.3) is 0 Å². The molecule has 0 amide bonds. The molecule has 0 saturated heterocycles. The quantitative estimate of drug-likeness (QED) is 0.768. The minimum absolute atomic E-state index is 0.0542. The number of hydrogen-bond acceptors (Lipinski definition) is 2. The first kappa shape index (κ1) is 9.77. The average Bonchev–Trinajstić information content (AvgIpc) is 2.29. The molecule has 1 rings (SSSR count). The lowest BCUT2D eigenvalue weighted by molar-refractivity contribution is -0.137. The maximum atomic E-state index is 10.5. The number of aryl methyl sites for hydroxylation is 1. The third-order valence-electron chi connectivity index (χ3n) is 1.81. The summed E-state index contributed by atoms with van der Waals surface area (Å²) in [5.41, 5.74) is 1.84. The van der Waals surface area contributed by atoms with E-state index in [2.05, 4.69) is 5.10 Å². The van der Waals surface area contributed by atoms with Gasteiger partial charge >= 0.3 is 5.97 Å². The number of carboxylic acid groups (broad SMARTS) is 1. The topological polar surface area (TPSA) is 55.1 Å². The van der Waals surface area contributed by atoms with Crippen LogP contribution < -0.4 is 0 Å². The Labute approximate surface area is 77.2 Å². The van der Waals surface area contributed by atoms with Gasteiger partial charge in [0.05, 0.1) is 5.69 Å². The molecule has 13 heavy (non-hydrogen) atoms. The van der Waals surface area contributed by atoms with Crippen molar-refractivity contribution in [2.75, 3.05) is 0 Å². The van der Waals surface area contributed by atoms with Gasteiger partial charge in [-0.2, -0.15) is 5.10 Å². The predicted octanol–water partition coefficient (Wildman–Crippen LogP) is 1.40. The minimum Gasteiger partial charge on any atom is -0.480 e. The number of hydrogen-bond donors (Lipinski definition) is 1. The second kappa shape index (κ2) is 3.60. The highest BCUT2D eigenvalue weighted by molar-refractivity contribution is 5.66. The molecule has 0 aliphatic carbocycles. The lowest BCUT2D eigenvalue weighted by atomic mass is 10.1. The number of nitrogens with zero attached hydrogens (tertiary/aromatic N) is 2. The van der Waals surface area contributed by atoms with E-state index in [0.29, 0.717) is 5.92 Å². The summed E-state index contributed by atoms with van der Waals surface area (Å²) in [6.45, 7) is 5.86. The Morgan fingerprint density at radius 2 is 2.31 bits per heavy atom. The van der Waals surface area contributed by atoms with E-state index in [4.69, 9.17) is 5.11 Å². The molecule has 4 nitrogen and oxygen atoms in total. The van der Waals surface area contributed by atoms with Crippen LogP contribution in [0.3, 0.4) is 0 Å². The Hall–Kier alpha value is -1.32. The predicted molar refractivity (Wildman–Crippen MR) is 48.7 cm³/mol. The summed E-state index contributed by atoms with van der Waals surface area (Å²) in [6, 6.07) is 1.92. The Morgan fingerprint density at radius 3 is 2.77 bits per heavy atom. The maximum Gasteiger partial charge on any atom is 0.325 e. The summed E-state index contributed by atoms with van der Waals surface area (Å²) in [4.78, 5) is 10.5. The van der Waals surface area contributed by atoms with E-state index in [0.717, 1.165) is 11.4 Å². The zero-order valence-electron chi connectivity index (χ0n) is 8.11. The molecule has 0 fully saturated rings. The molecular formula is C9H14N2O2. The van der Waals surface area contributed by atoms with Gasteiger partial charge in [-0.05, 0) is 18.9 Å². The summed E-state index contributed by atoms with van der Waals surface area (Å²) >= 11 is 0. The fourth-order valence-corrected chi connectivity index (χ4v) is 1.29. The lowest BCUT2D eigenvalue weighted by Gasteiger charge is -2.06. The van der Waals surface area contributed by atoms with E-state index in [1.807, 2.05) is 26.8 Å². The number of aliphatic carboxylic acids is 1. The molecule has 0 unspecified atom stereocenters. The van der Waals surface area contributed by atoms with Gasteiger partial charge in [0.2, 0.25) is 0 Å². The summed E-state index contributed by atoms with van der Waals surface area (Å²) < 4.78 is 1.54. The first-order valence-corrected chi connectivity index (χ1v) is 4.27. The van der Waals surface area contributed by atoms with Crippen LogP contribution in [0.4, 0.5) is 0 Å². The van der Waals surface area contributed by atoms with Crippen molar-refractivity contribution in [3.05, 3.63) is 17.5 Å². The highest BCUT2D eigenvalue weighted by Gasteiger charge is 2.10. The van der Waals surface area contributed by atoms with Crippen molar-refractivity contribution >= 4 is 5.97 Å². The lowest BCUT2D eigenvalue weighted by Crippen LogP contribution is -2.13. The summed E-state index contributed by atoms with van der Waals surface area (Å²) in [6.07, 6.45) is 0. The monoisotopic (exact) mass is 182 g/mol. The summed E-state index contributed by atoms with van der Waals surface area (Å²) in [5, 5.41) is 12.7. The molecule has 1 aromatic heterocycles. The van der Waals surface area contributed by atoms with Crippen LogP contribution in [0.2, 0.25) is 0 Å². The highest BCUT2D eigenvalue weighted by atomic mass is 16.4. The van der Waals surface area contributed by atoms with Crippen molar-refractivity contribution < 1.29 is 9.90 Å². The Kier molecular flexibility index (Phi) is 2.70. The molecule has 0 spiro atoms. The van der Waals surface area contributed by atoms with Crippen molar-refractivity contribution in [2.45, 2.75) is 33.2 Å². The zero-order valence-corrected chi connectivity index (χ0v) is 8.11. The second-order valence-electron chi connectivity index (χ2n) is 3.42. The summed E-state index contributed by atoms with van der Waals surface area (Å²) in [7, 11) is 0. The number of rotatable bonds is 3. The summed E-state index contributed by atoms with van der Waals surface area (Å²) in [5.74, 6) is -0.550. The van der Waals surface area contributed by atoms with Crippen molar-refractivity contribution in [1.29, 1.82) is 0 Å². The van der Waals surface area contributed by atoms with Crippen LogP contribution in [0.5, 0.6) is 0 Å². The fraction of sp³-hybridized carbons (Fsp3) is 0.556. The van der Waals surface area contributed by atoms with Crippen LogP contribution in [0, 0.1) is 6.92 Å². The third-order valence-corrected chi connectivity index (χ3v) is 1.81. The minimum atomic E-state index is -0.856. The number of carbonyl (C=O) groups is 1. The van der Waals surface area contributed by atoms with Crippen molar-refractivity contribution in [1.82, 2.24) is 9.78 Å². The van der Waals surface area contributed by atoms with Crippen LogP contribution in [0.1, 0.15) is 31.2 Å². The zero-order chi connectivity index (χ0) is 10.0. The Balaban J connectivity index is 2.97. The van der Waals surface area contributed by atoms with E-state index in [-0.39, 0.29) is 6.54 Å². The molecule has 1 aromatic rings. The molecule has 1 N–H and O–H groups in total. The smallest absolute Gasteiger partial charge is 0.325 e.